The van der Waals surface area contributed by atoms with Gasteiger partial charge in [0, 0.05) is 6.92 Å². The van der Waals surface area contributed by atoms with E-state index in [1.54, 1.807) is 0 Å². The molecule has 1 amide bonds. The maximum absolute atomic E-state index is 10.9. The number of ether oxygens (including phenoxy) is 1. The Morgan fingerprint density at radius 1 is 1.32 bits per heavy atom. The minimum atomic E-state index is -4.76. The molecule has 1 fully saturated rings. The van der Waals surface area contributed by atoms with Crippen LogP contribution < -0.4 is 5.32 Å². The van der Waals surface area contributed by atoms with E-state index in [1.165, 1.54) is 0 Å². The third kappa shape index (κ3) is 4.79. The topological polar surface area (TPSA) is 166 Å². The van der Waals surface area contributed by atoms with Crippen LogP contribution >= 0.6 is 7.82 Å². The fraction of sp³-hybridized carbons (Fsp3) is 0.875. The van der Waals surface area contributed by atoms with Crippen molar-refractivity contribution in [1.29, 1.82) is 0 Å². The fourth-order valence-corrected chi connectivity index (χ4v) is 1.99. The van der Waals surface area contributed by atoms with Crippen molar-refractivity contribution >= 4 is 13.7 Å². The highest BCUT2D eigenvalue weighted by molar-refractivity contribution is 7.46. The molecule has 10 nitrogen and oxygen atoms in total. The second kappa shape index (κ2) is 6.25. The Morgan fingerprint density at radius 2 is 1.89 bits per heavy atom. The Kier molecular flexibility index (Phi) is 5.42. The van der Waals surface area contributed by atoms with Crippen LogP contribution in [0.15, 0.2) is 0 Å². The van der Waals surface area contributed by atoms with Gasteiger partial charge in [-0.25, -0.2) is 4.57 Å². The van der Waals surface area contributed by atoms with E-state index in [1.807, 2.05) is 0 Å². The number of hydrogen-bond donors (Lipinski definition) is 6. The summed E-state index contributed by atoms with van der Waals surface area (Å²) in [4.78, 5) is 27.9. The molecule has 112 valence electrons. The smallest absolute Gasteiger partial charge is 0.388 e. The third-order valence-corrected chi connectivity index (χ3v) is 2.98. The van der Waals surface area contributed by atoms with Gasteiger partial charge < -0.3 is 35.2 Å². The van der Waals surface area contributed by atoms with Crippen molar-refractivity contribution in [2.45, 2.75) is 37.6 Å². The summed E-state index contributed by atoms with van der Waals surface area (Å²) < 4.78 is 19.5. The van der Waals surface area contributed by atoms with Crippen molar-refractivity contribution in [3.63, 3.8) is 0 Å². The summed E-state index contributed by atoms with van der Waals surface area (Å²) in [6.07, 6.45) is -6.15. The number of rotatable bonds is 4. The maximum Gasteiger partial charge on any atom is 0.469 e. The van der Waals surface area contributed by atoms with E-state index in [9.17, 15) is 24.7 Å². The Balaban J connectivity index is 2.66. The number of phosphoric acid groups is 1. The van der Waals surface area contributed by atoms with Gasteiger partial charge in [-0.3, -0.25) is 9.32 Å². The number of aliphatic hydroxyl groups excluding tert-OH is 3. The van der Waals surface area contributed by atoms with E-state index in [-0.39, 0.29) is 0 Å². The maximum atomic E-state index is 10.9. The first kappa shape index (κ1) is 16.5. The van der Waals surface area contributed by atoms with Crippen LogP contribution in [0.25, 0.3) is 0 Å². The Bertz CT molecular complexity index is 371. The average molecular weight is 301 g/mol. The zero-order valence-electron chi connectivity index (χ0n) is 9.91. The van der Waals surface area contributed by atoms with Gasteiger partial charge in [0.25, 0.3) is 0 Å². The predicted octanol–water partition coefficient (Wildman–Crippen LogP) is -2.96. The molecule has 1 rings (SSSR count). The predicted molar refractivity (Wildman–Crippen MR) is 58.5 cm³/mol. The number of nitrogens with one attached hydrogen (secondary N) is 1. The van der Waals surface area contributed by atoms with Gasteiger partial charge in [-0.1, -0.05) is 0 Å². The number of amides is 1. The quantitative estimate of drug-likeness (QED) is 0.297. The number of carbonyl (C=O) groups is 1. The van der Waals surface area contributed by atoms with Gasteiger partial charge in [-0.05, 0) is 0 Å². The minimum absolute atomic E-state index is 0.552. The van der Waals surface area contributed by atoms with Crippen LogP contribution in [0, 0.1) is 0 Å². The summed E-state index contributed by atoms with van der Waals surface area (Å²) in [5, 5.41) is 31.1. The molecule has 0 radical (unpaired) electrons. The number of phosphoric ester groups is 1. The molecule has 6 N–H and O–H groups in total. The highest BCUT2D eigenvalue weighted by Crippen LogP contribution is 2.36. The van der Waals surface area contributed by atoms with Crippen molar-refractivity contribution in [2.75, 3.05) is 6.61 Å². The first-order valence-electron chi connectivity index (χ1n) is 5.28. The molecule has 19 heavy (non-hydrogen) atoms. The molecule has 1 unspecified atom stereocenters. The van der Waals surface area contributed by atoms with Crippen molar-refractivity contribution in [2.24, 2.45) is 0 Å². The van der Waals surface area contributed by atoms with Crippen LogP contribution in [-0.4, -0.2) is 68.3 Å². The van der Waals surface area contributed by atoms with E-state index in [4.69, 9.17) is 14.5 Å². The molecule has 0 aromatic rings. The summed E-state index contributed by atoms with van der Waals surface area (Å²) in [6.45, 7) is 0.418. The van der Waals surface area contributed by atoms with E-state index in [0.29, 0.717) is 0 Å². The molecular formula is C8H16NO9P. The Morgan fingerprint density at radius 3 is 2.37 bits per heavy atom. The Hall–Kier alpha value is -0.580. The molecule has 11 heteroatoms. The van der Waals surface area contributed by atoms with Crippen LogP contribution in [0.3, 0.4) is 0 Å². The molecule has 0 aromatic heterocycles. The molecule has 1 heterocycles. The van der Waals surface area contributed by atoms with Gasteiger partial charge in [0.2, 0.25) is 5.91 Å². The van der Waals surface area contributed by atoms with Gasteiger partial charge >= 0.3 is 7.82 Å². The van der Waals surface area contributed by atoms with Crippen molar-refractivity contribution < 1.29 is 43.7 Å². The highest BCUT2D eigenvalue weighted by Gasteiger charge is 2.44. The van der Waals surface area contributed by atoms with Crippen LogP contribution in [0.4, 0.5) is 0 Å². The Labute approximate surface area is 108 Å². The first-order valence-corrected chi connectivity index (χ1v) is 6.81. The molecule has 1 aliphatic rings. The van der Waals surface area contributed by atoms with Gasteiger partial charge in [-0.15, -0.1) is 0 Å². The van der Waals surface area contributed by atoms with Crippen LogP contribution in [0.1, 0.15) is 6.92 Å². The highest BCUT2D eigenvalue weighted by atomic mass is 31.2. The number of hydrogen-bond acceptors (Lipinski definition) is 7. The van der Waals surface area contributed by atoms with Crippen molar-refractivity contribution in [3.8, 4) is 0 Å². The summed E-state index contributed by atoms with van der Waals surface area (Å²) in [5.41, 5.74) is 0. The third-order valence-electron chi connectivity index (χ3n) is 2.50. The van der Waals surface area contributed by atoms with Crippen molar-refractivity contribution in [1.82, 2.24) is 5.32 Å². The summed E-state index contributed by atoms with van der Waals surface area (Å²) in [6, 6.07) is -1.25. The standard InChI is InChI=1S/C8H16NO9P/c1-3(10)9-5-7(12)6(11)4(18-8(5)13)2-17-19(14,15)16/h4-8,11-13H,2H2,1H3,(H,9,10)(H2,14,15,16)/t4-,5-,6-,7-,8?/m1/s1. The van der Waals surface area contributed by atoms with E-state index >= 15 is 0 Å². The largest absolute Gasteiger partial charge is 0.469 e. The van der Waals surface area contributed by atoms with Crippen LogP contribution in [0.5, 0.6) is 0 Å². The SMILES string of the molecule is CC(=O)N[C@H]1C(O)O[C@H](COP(=O)(O)O)[C@@H](O)[C@@H]1O. The lowest BCUT2D eigenvalue weighted by molar-refractivity contribution is -0.252. The van der Waals surface area contributed by atoms with Crippen molar-refractivity contribution in [3.05, 3.63) is 0 Å². The molecule has 0 aliphatic carbocycles. The molecule has 0 bridgehead atoms. The molecule has 1 aliphatic heterocycles. The molecule has 5 atom stereocenters. The molecule has 0 saturated carbocycles. The lowest BCUT2D eigenvalue weighted by Crippen LogP contribution is -2.64. The van der Waals surface area contributed by atoms with Gasteiger partial charge in [0.05, 0.1) is 6.61 Å². The average Bonchev–Trinajstić information content (AvgIpc) is 2.26. The molecule has 0 aromatic carbocycles. The van der Waals surface area contributed by atoms with E-state index in [2.05, 4.69) is 9.84 Å². The summed E-state index contributed by atoms with van der Waals surface area (Å²) in [5.74, 6) is -0.552. The summed E-state index contributed by atoms with van der Waals surface area (Å²) >= 11 is 0. The molecular weight excluding hydrogens is 285 g/mol. The zero-order chi connectivity index (χ0) is 14.8. The lowest BCUT2D eigenvalue weighted by Gasteiger charge is -2.40. The normalized spacial score (nSPS) is 36.0. The van der Waals surface area contributed by atoms with E-state index in [0.717, 1.165) is 6.92 Å². The fourth-order valence-electron chi connectivity index (χ4n) is 1.65. The molecule has 1 saturated heterocycles. The zero-order valence-corrected chi connectivity index (χ0v) is 10.8. The molecule has 0 spiro atoms. The summed E-state index contributed by atoms with van der Waals surface area (Å²) in [7, 11) is -4.76. The monoisotopic (exact) mass is 301 g/mol. The number of carbonyl (C=O) groups excluding carboxylic acids is 1. The van der Waals surface area contributed by atoms with Gasteiger partial charge in [0.1, 0.15) is 24.4 Å². The second-order valence-corrected chi connectivity index (χ2v) is 5.30. The second-order valence-electron chi connectivity index (χ2n) is 4.06. The van der Waals surface area contributed by atoms with Crippen LogP contribution in [0.2, 0.25) is 0 Å². The number of aliphatic hydroxyl groups is 3. The van der Waals surface area contributed by atoms with Crippen LogP contribution in [-0.2, 0) is 18.6 Å². The van der Waals surface area contributed by atoms with Gasteiger partial charge in [0.15, 0.2) is 6.29 Å². The first-order chi connectivity index (χ1) is 8.61. The van der Waals surface area contributed by atoms with E-state index < -0.39 is 51.0 Å². The van der Waals surface area contributed by atoms with Gasteiger partial charge in [-0.2, -0.15) is 0 Å². The lowest BCUT2D eigenvalue weighted by atomic mass is 9.97. The minimum Gasteiger partial charge on any atom is -0.388 e.